The molecule has 146 valence electrons. The first-order valence-electron chi connectivity index (χ1n) is 11.1. The highest BCUT2D eigenvalue weighted by molar-refractivity contribution is 5.21. The Labute approximate surface area is 159 Å². The second-order valence-corrected chi connectivity index (χ2v) is 8.72. The van der Waals surface area contributed by atoms with Gasteiger partial charge in [0.1, 0.15) is 11.6 Å². The highest BCUT2D eigenvalue weighted by atomic mass is 19.1. The predicted octanol–water partition coefficient (Wildman–Crippen LogP) is 7.40. The Bertz CT molecular complexity index is 503. The molecule has 0 amide bonds. The number of hydrogen-bond donors (Lipinski definition) is 0. The molecule has 0 aliphatic heterocycles. The number of ether oxygens (including phenoxy) is 1. The van der Waals surface area contributed by atoms with Gasteiger partial charge in [0.25, 0.3) is 0 Å². The molecule has 2 heteroatoms. The maximum absolute atomic E-state index is 12.9. The topological polar surface area (TPSA) is 9.23 Å². The van der Waals surface area contributed by atoms with Crippen LogP contribution in [-0.4, -0.2) is 6.61 Å². The Hall–Kier alpha value is -1.05. The van der Waals surface area contributed by atoms with Crippen molar-refractivity contribution in [3.05, 3.63) is 30.1 Å². The lowest BCUT2D eigenvalue weighted by Crippen LogP contribution is -2.30. The van der Waals surface area contributed by atoms with Gasteiger partial charge < -0.3 is 4.74 Å². The number of halogens is 1. The Morgan fingerprint density at radius 3 is 2.38 bits per heavy atom. The quantitative estimate of drug-likeness (QED) is 0.439. The Kier molecular flexibility index (Phi) is 7.83. The van der Waals surface area contributed by atoms with Crippen molar-refractivity contribution in [2.75, 3.05) is 6.61 Å². The molecule has 2 fully saturated rings. The van der Waals surface area contributed by atoms with Crippen molar-refractivity contribution in [1.29, 1.82) is 0 Å². The van der Waals surface area contributed by atoms with E-state index in [4.69, 9.17) is 4.74 Å². The summed E-state index contributed by atoms with van der Waals surface area (Å²) in [5.41, 5.74) is 0. The minimum atomic E-state index is -0.198. The van der Waals surface area contributed by atoms with Crippen LogP contribution in [0.5, 0.6) is 5.75 Å². The average molecular weight is 361 g/mol. The summed E-state index contributed by atoms with van der Waals surface area (Å²) >= 11 is 0. The third-order valence-corrected chi connectivity index (χ3v) is 6.96. The summed E-state index contributed by atoms with van der Waals surface area (Å²) in [6, 6.07) is 6.41. The first kappa shape index (κ1) is 19.7. The largest absolute Gasteiger partial charge is 0.494 e. The minimum Gasteiger partial charge on any atom is -0.494 e. The lowest BCUT2D eigenvalue weighted by molar-refractivity contribution is 0.101. The van der Waals surface area contributed by atoms with Crippen molar-refractivity contribution in [2.45, 2.75) is 84.0 Å². The van der Waals surface area contributed by atoms with Crippen LogP contribution in [0.4, 0.5) is 4.39 Å². The van der Waals surface area contributed by atoms with E-state index in [9.17, 15) is 4.39 Å². The maximum atomic E-state index is 12.9. The van der Waals surface area contributed by atoms with E-state index in [1.54, 1.807) is 12.1 Å². The molecule has 0 N–H and O–H groups in total. The van der Waals surface area contributed by atoms with Crippen LogP contribution >= 0.6 is 0 Å². The van der Waals surface area contributed by atoms with Gasteiger partial charge in [-0.1, -0.05) is 51.9 Å². The lowest BCUT2D eigenvalue weighted by atomic mass is 9.65. The monoisotopic (exact) mass is 360 g/mol. The van der Waals surface area contributed by atoms with Crippen molar-refractivity contribution in [3.8, 4) is 5.75 Å². The van der Waals surface area contributed by atoms with Crippen molar-refractivity contribution in [2.24, 2.45) is 23.7 Å². The van der Waals surface area contributed by atoms with Crippen molar-refractivity contribution < 1.29 is 9.13 Å². The molecule has 2 saturated carbocycles. The molecule has 2 aliphatic carbocycles. The van der Waals surface area contributed by atoms with Gasteiger partial charge in [0.05, 0.1) is 6.61 Å². The molecule has 0 saturated heterocycles. The van der Waals surface area contributed by atoms with Crippen LogP contribution in [0.15, 0.2) is 24.3 Å². The van der Waals surface area contributed by atoms with E-state index in [0.717, 1.165) is 42.4 Å². The van der Waals surface area contributed by atoms with E-state index in [1.165, 1.54) is 82.8 Å². The molecular formula is C24H37FO. The summed E-state index contributed by atoms with van der Waals surface area (Å²) < 4.78 is 18.8. The zero-order valence-corrected chi connectivity index (χ0v) is 16.6. The van der Waals surface area contributed by atoms with Gasteiger partial charge in [0.15, 0.2) is 0 Å². The van der Waals surface area contributed by atoms with Crippen LogP contribution in [0.3, 0.4) is 0 Å². The molecule has 3 rings (SSSR count). The Morgan fingerprint density at radius 1 is 0.923 bits per heavy atom. The van der Waals surface area contributed by atoms with Crippen molar-refractivity contribution >= 4 is 0 Å². The van der Waals surface area contributed by atoms with Crippen LogP contribution in [0.2, 0.25) is 0 Å². The minimum absolute atomic E-state index is 0.198. The first-order valence-corrected chi connectivity index (χ1v) is 11.1. The van der Waals surface area contributed by atoms with E-state index in [1.807, 2.05) is 0 Å². The molecule has 0 heterocycles. The SMILES string of the molecule is CCCC1CCC(C2CCCCC2CCCOc2ccc(F)cc2)CC1. The Balaban J connectivity index is 1.41. The van der Waals surface area contributed by atoms with Crippen LogP contribution in [0.1, 0.15) is 84.0 Å². The standard InChI is InChI=1S/C24H37FO/c1-2-6-19-10-12-21(13-11-19)24-9-4-3-7-20(24)8-5-18-26-23-16-14-22(25)15-17-23/h14-17,19-21,24H,2-13,18H2,1H3. The average Bonchev–Trinajstić information content (AvgIpc) is 2.68. The van der Waals surface area contributed by atoms with Gasteiger partial charge >= 0.3 is 0 Å². The fourth-order valence-electron chi connectivity index (χ4n) is 5.60. The maximum Gasteiger partial charge on any atom is 0.123 e. The van der Waals surface area contributed by atoms with Gasteiger partial charge in [0, 0.05) is 0 Å². The van der Waals surface area contributed by atoms with Gasteiger partial charge in [-0.25, -0.2) is 4.39 Å². The predicted molar refractivity (Wildman–Crippen MR) is 107 cm³/mol. The van der Waals surface area contributed by atoms with Gasteiger partial charge in [0.2, 0.25) is 0 Å². The molecule has 0 spiro atoms. The summed E-state index contributed by atoms with van der Waals surface area (Å²) in [6.07, 6.45) is 16.9. The van der Waals surface area contributed by atoms with Crippen molar-refractivity contribution in [3.63, 3.8) is 0 Å². The summed E-state index contributed by atoms with van der Waals surface area (Å²) in [7, 11) is 0. The summed E-state index contributed by atoms with van der Waals surface area (Å²) in [4.78, 5) is 0. The lowest BCUT2D eigenvalue weighted by Gasteiger charge is -2.41. The molecule has 1 nitrogen and oxygen atoms in total. The molecule has 0 bridgehead atoms. The highest BCUT2D eigenvalue weighted by Crippen LogP contribution is 2.44. The second-order valence-electron chi connectivity index (χ2n) is 8.72. The molecule has 2 atom stereocenters. The normalized spacial score (nSPS) is 29.5. The van der Waals surface area contributed by atoms with Gasteiger partial charge in [-0.05, 0) is 80.0 Å². The highest BCUT2D eigenvalue weighted by Gasteiger charge is 2.33. The van der Waals surface area contributed by atoms with E-state index < -0.39 is 0 Å². The molecule has 0 aromatic heterocycles. The van der Waals surface area contributed by atoms with Crippen molar-refractivity contribution in [1.82, 2.24) is 0 Å². The summed E-state index contributed by atoms with van der Waals surface area (Å²) in [5.74, 6) is 4.48. The zero-order chi connectivity index (χ0) is 18.2. The van der Waals surface area contributed by atoms with E-state index in [-0.39, 0.29) is 5.82 Å². The third kappa shape index (κ3) is 5.72. The first-order chi connectivity index (χ1) is 12.8. The fraction of sp³-hybridized carbons (Fsp3) is 0.750. The molecule has 2 aliphatic rings. The zero-order valence-electron chi connectivity index (χ0n) is 16.6. The Morgan fingerprint density at radius 2 is 1.65 bits per heavy atom. The fourth-order valence-corrected chi connectivity index (χ4v) is 5.60. The van der Waals surface area contributed by atoms with E-state index in [2.05, 4.69) is 6.92 Å². The number of benzene rings is 1. The second kappa shape index (κ2) is 10.3. The van der Waals surface area contributed by atoms with Crippen LogP contribution in [0.25, 0.3) is 0 Å². The number of hydrogen-bond acceptors (Lipinski definition) is 1. The van der Waals surface area contributed by atoms with Crippen LogP contribution in [0, 0.1) is 29.5 Å². The van der Waals surface area contributed by atoms with E-state index in [0.29, 0.717) is 0 Å². The molecular weight excluding hydrogens is 323 g/mol. The van der Waals surface area contributed by atoms with Gasteiger partial charge in [-0.3, -0.25) is 0 Å². The van der Waals surface area contributed by atoms with Crippen LogP contribution < -0.4 is 4.74 Å². The molecule has 2 unspecified atom stereocenters. The van der Waals surface area contributed by atoms with Gasteiger partial charge in [-0.15, -0.1) is 0 Å². The summed E-state index contributed by atoms with van der Waals surface area (Å²) in [5, 5.41) is 0. The molecule has 0 radical (unpaired) electrons. The molecule has 1 aromatic rings. The summed E-state index contributed by atoms with van der Waals surface area (Å²) in [6.45, 7) is 3.09. The van der Waals surface area contributed by atoms with E-state index >= 15 is 0 Å². The molecule has 26 heavy (non-hydrogen) atoms. The molecule has 1 aromatic carbocycles. The van der Waals surface area contributed by atoms with Crippen LogP contribution in [-0.2, 0) is 0 Å². The number of rotatable bonds is 8. The van der Waals surface area contributed by atoms with Gasteiger partial charge in [-0.2, -0.15) is 0 Å². The smallest absolute Gasteiger partial charge is 0.123 e. The third-order valence-electron chi connectivity index (χ3n) is 6.96.